The molecule has 0 N–H and O–H groups in total. The molecule has 1 aromatic rings. The van der Waals surface area contributed by atoms with E-state index in [9.17, 15) is 13.7 Å². The second kappa shape index (κ2) is 3.96. The summed E-state index contributed by atoms with van der Waals surface area (Å²) in [6, 6.07) is 10.6. The van der Waals surface area contributed by atoms with Crippen molar-refractivity contribution in [2.75, 3.05) is 0 Å². The van der Waals surface area contributed by atoms with Crippen LogP contribution in [0, 0.1) is 29.1 Å². The zero-order chi connectivity index (χ0) is 12.8. The molecule has 0 aliphatic heterocycles. The van der Waals surface area contributed by atoms with E-state index in [0.717, 1.165) is 6.42 Å². The van der Waals surface area contributed by atoms with Gasteiger partial charge in [-0.15, -0.1) is 0 Å². The lowest BCUT2D eigenvalue weighted by Crippen LogP contribution is -2.32. The third-order valence-corrected chi connectivity index (χ3v) is 6.25. The highest BCUT2D eigenvalue weighted by Crippen LogP contribution is 2.48. The molecule has 0 saturated heterocycles. The van der Waals surface area contributed by atoms with Crippen molar-refractivity contribution in [2.24, 2.45) is 17.8 Å². The number of sulfone groups is 1. The minimum atomic E-state index is -3.40. The predicted octanol–water partition coefficient (Wildman–Crippen LogP) is 2.17. The molecule has 2 bridgehead atoms. The smallest absolute Gasteiger partial charge is 0.183 e. The number of allylic oxidation sites excluding steroid dienone is 2. The molecule has 0 aromatic heterocycles. The molecule has 0 heterocycles. The monoisotopic (exact) mass is 259 g/mol. The Morgan fingerprint density at radius 1 is 1.11 bits per heavy atom. The summed E-state index contributed by atoms with van der Waals surface area (Å²) in [4.78, 5) is 0.330. The highest BCUT2D eigenvalue weighted by atomic mass is 32.2. The lowest BCUT2D eigenvalue weighted by atomic mass is 9.95. The van der Waals surface area contributed by atoms with Crippen LogP contribution in [0.1, 0.15) is 6.42 Å². The molecular weight excluding hydrogens is 246 g/mol. The summed E-state index contributed by atoms with van der Waals surface area (Å²) in [7, 11) is -3.40. The largest absolute Gasteiger partial charge is 0.223 e. The minimum absolute atomic E-state index is 0.00450. The highest BCUT2D eigenvalue weighted by Gasteiger charge is 2.51. The Hall–Kier alpha value is -1.60. The first-order chi connectivity index (χ1) is 8.64. The van der Waals surface area contributed by atoms with Gasteiger partial charge in [-0.25, -0.2) is 8.42 Å². The van der Waals surface area contributed by atoms with Crippen molar-refractivity contribution in [1.29, 1.82) is 5.26 Å². The van der Waals surface area contributed by atoms with Crippen molar-refractivity contribution < 1.29 is 8.42 Å². The zero-order valence-electron chi connectivity index (χ0n) is 9.73. The number of nitriles is 1. The van der Waals surface area contributed by atoms with Crippen molar-refractivity contribution in [3.63, 3.8) is 0 Å². The third kappa shape index (κ3) is 1.51. The second-order valence-electron chi connectivity index (χ2n) is 4.93. The van der Waals surface area contributed by atoms with E-state index < -0.39 is 21.0 Å². The topological polar surface area (TPSA) is 57.9 Å². The van der Waals surface area contributed by atoms with Crippen LogP contribution >= 0.6 is 0 Å². The first-order valence-electron chi connectivity index (χ1n) is 6.01. The van der Waals surface area contributed by atoms with E-state index in [1.165, 1.54) is 0 Å². The molecule has 18 heavy (non-hydrogen) atoms. The Bertz CT molecular complexity index is 628. The molecule has 2 aliphatic carbocycles. The molecule has 4 atom stereocenters. The summed E-state index contributed by atoms with van der Waals surface area (Å²) in [6.07, 6.45) is 4.76. The van der Waals surface area contributed by atoms with Gasteiger partial charge >= 0.3 is 0 Å². The van der Waals surface area contributed by atoms with Crippen molar-refractivity contribution in [3.05, 3.63) is 42.5 Å². The van der Waals surface area contributed by atoms with Crippen LogP contribution in [0.15, 0.2) is 47.4 Å². The summed E-state index contributed by atoms with van der Waals surface area (Å²) in [5.41, 5.74) is 0. The molecule has 0 unspecified atom stereocenters. The van der Waals surface area contributed by atoms with Gasteiger partial charge < -0.3 is 0 Å². The minimum Gasteiger partial charge on any atom is -0.223 e. The number of nitrogens with zero attached hydrogens (tertiary/aromatic N) is 1. The fourth-order valence-corrected chi connectivity index (χ4v) is 5.30. The van der Waals surface area contributed by atoms with Crippen molar-refractivity contribution in [3.8, 4) is 6.07 Å². The quantitative estimate of drug-likeness (QED) is 0.765. The van der Waals surface area contributed by atoms with Crippen LogP contribution < -0.4 is 0 Å². The van der Waals surface area contributed by atoms with Gasteiger partial charge in [0, 0.05) is 0 Å². The number of benzene rings is 1. The Kier molecular flexibility index (Phi) is 2.53. The van der Waals surface area contributed by atoms with E-state index in [4.69, 9.17) is 0 Å². The standard InChI is InChI=1S/C14H13NO2S/c15-9-13-10-6-7-11(8-10)14(13)18(16,17)12-4-2-1-3-5-12/h1-7,10-11,13-14H,8H2/t10-,11+,13+,14+/m0/s1. The van der Waals surface area contributed by atoms with E-state index in [0.29, 0.717) is 4.90 Å². The number of rotatable bonds is 2. The second-order valence-corrected chi connectivity index (χ2v) is 7.03. The lowest BCUT2D eigenvalue weighted by Gasteiger charge is -2.22. The van der Waals surface area contributed by atoms with Crippen molar-refractivity contribution in [1.82, 2.24) is 0 Å². The van der Waals surface area contributed by atoms with Gasteiger partial charge in [0.2, 0.25) is 0 Å². The maximum atomic E-state index is 12.6. The summed E-state index contributed by atoms with van der Waals surface area (Å²) in [5.74, 6) is -0.279. The molecule has 92 valence electrons. The van der Waals surface area contributed by atoms with Crippen molar-refractivity contribution >= 4 is 9.84 Å². The van der Waals surface area contributed by atoms with Gasteiger partial charge in [0.1, 0.15) is 0 Å². The van der Waals surface area contributed by atoms with Crippen molar-refractivity contribution in [2.45, 2.75) is 16.6 Å². The van der Waals surface area contributed by atoms with E-state index in [1.807, 2.05) is 12.2 Å². The van der Waals surface area contributed by atoms with Crippen LogP contribution in [0.5, 0.6) is 0 Å². The summed E-state index contributed by atoms with van der Waals surface area (Å²) in [5, 5.41) is 8.65. The van der Waals surface area contributed by atoms with Gasteiger partial charge in [-0.05, 0) is 30.4 Å². The Labute approximate surface area is 107 Å². The third-order valence-electron chi connectivity index (χ3n) is 3.97. The fraction of sp³-hybridized carbons (Fsp3) is 0.357. The number of hydrogen-bond donors (Lipinski definition) is 0. The van der Waals surface area contributed by atoms with Gasteiger partial charge in [0.05, 0.1) is 22.1 Å². The average Bonchev–Trinajstić information content (AvgIpc) is 2.99. The highest BCUT2D eigenvalue weighted by molar-refractivity contribution is 7.92. The van der Waals surface area contributed by atoms with Gasteiger partial charge in [-0.1, -0.05) is 30.4 Å². The maximum Gasteiger partial charge on any atom is 0.183 e. The molecule has 0 radical (unpaired) electrons. The predicted molar refractivity (Wildman–Crippen MR) is 67.3 cm³/mol. The molecule has 1 fully saturated rings. The molecule has 0 spiro atoms. The summed E-state index contributed by atoms with van der Waals surface area (Å²) < 4.78 is 25.2. The lowest BCUT2D eigenvalue weighted by molar-refractivity contribution is 0.522. The van der Waals surface area contributed by atoms with Crippen LogP contribution in [0.3, 0.4) is 0 Å². The van der Waals surface area contributed by atoms with E-state index >= 15 is 0 Å². The molecule has 2 aliphatic rings. The molecule has 1 aromatic carbocycles. The number of hydrogen-bond acceptors (Lipinski definition) is 3. The first-order valence-corrected chi connectivity index (χ1v) is 7.56. The molecule has 0 amide bonds. The molecule has 3 nitrogen and oxygen atoms in total. The van der Waals surface area contributed by atoms with Crippen LogP contribution in [0.4, 0.5) is 0 Å². The van der Waals surface area contributed by atoms with Gasteiger partial charge in [0.15, 0.2) is 9.84 Å². The molecule has 4 heteroatoms. The van der Waals surface area contributed by atoms with Crippen LogP contribution in [0.2, 0.25) is 0 Å². The average molecular weight is 259 g/mol. The first kappa shape index (κ1) is 11.5. The van der Waals surface area contributed by atoms with Gasteiger partial charge in [0.25, 0.3) is 0 Å². The Morgan fingerprint density at radius 2 is 1.78 bits per heavy atom. The van der Waals surface area contributed by atoms with Crippen LogP contribution in [0.25, 0.3) is 0 Å². The Balaban J connectivity index is 2.06. The summed E-state index contributed by atoms with van der Waals surface area (Å²) >= 11 is 0. The zero-order valence-corrected chi connectivity index (χ0v) is 10.5. The van der Waals surface area contributed by atoms with E-state index in [1.54, 1.807) is 30.3 Å². The fourth-order valence-electron chi connectivity index (χ4n) is 3.14. The maximum absolute atomic E-state index is 12.6. The number of fused-ring (bicyclic) bond motifs is 2. The van der Waals surface area contributed by atoms with Gasteiger partial charge in [-0.3, -0.25) is 0 Å². The van der Waals surface area contributed by atoms with Crippen LogP contribution in [-0.4, -0.2) is 13.7 Å². The van der Waals surface area contributed by atoms with E-state index in [2.05, 4.69) is 6.07 Å². The van der Waals surface area contributed by atoms with E-state index in [-0.39, 0.29) is 11.8 Å². The molecule has 3 rings (SSSR count). The SMILES string of the molecule is N#C[C@H]1[C@H](S(=O)(=O)c2ccccc2)[C@@H]2C=C[C@H]1C2. The Morgan fingerprint density at radius 3 is 2.44 bits per heavy atom. The molecular formula is C14H13NO2S. The van der Waals surface area contributed by atoms with Gasteiger partial charge in [-0.2, -0.15) is 5.26 Å². The molecule has 1 saturated carbocycles. The summed E-state index contributed by atoms with van der Waals surface area (Å²) in [6.45, 7) is 0. The normalized spacial score (nSPS) is 33.5. The van der Waals surface area contributed by atoms with Crippen LogP contribution in [-0.2, 0) is 9.84 Å².